The zero-order valence-electron chi connectivity index (χ0n) is 15.9. The first-order chi connectivity index (χ1) is 12.8. The highest BCUT2D eigenvalue weighted by molar-refractivity contribution is 9.11. The van der Waals surface area contributed by atoms with Crippen LogP contribution in [0.5, 0.6) is 0 Å². The summed E-state index contributed by atoms with van der Waals surface area (Å²) < 4.78 is 1.17. The molecule has 0 radical (unpaired) electrons. The molecule has 1 N–H and O–H groups in total. The second kappa shape index (κ2) is 9.05. The maximum Gasteiger partial charge on any atom is 0.241 e. The number of rotatable bonds is 5. The van der Waals surface area contributed by atoms with Gasteiger partial charge >= 0.3 is 0 Å². The van der Waals surface area contributed by atoms with Gasteiger partial charge in [0.15, 0.2) is 0 Å². The van der Waals surface area contributed by atoms with Crippen molar-refractivity contribution in [2.75, 3.05) is 31.5 Å². The van der Waals surface area contributed by atoms with Crippen LogP contribution in [0.3, 0.4) is 0 Å². The van der Waals surface area contributed by atoms with Gasteiger partial charge in [0.1, 0.15) is 0 Å². The second-order valence-corrected chi connectivity index (χ2v) is 10.1. The van der Waals surface area contributed by atoms with Crippen molar-refractivity contribution in [2.45, 2.75) is 33.4 Å². The zero-order chi connectivity index (χ0) is 19.6. The molecule has 0 aliphatic carbocycles. The van der Waals surface area contributed by atoms with E-state index in [0.29, 0.717) is 5.02 Å². The molecular weight excluding hydrogens is 446 g/mol. The van der Waals surface area contributed by atoms with E-state index in [4.69, 9.17) is 11.6 Å². The number of hydrogen-bond donors (Lipinski definition) is 1. The third-order valence-electron chi connectivity index (χ3n) is 5.02. The monoisotopic (exact) mass is 469 g/mol. The van der Waals surface area contributed by atoms with Crippen molar-refractivity contribution < 1.29 is 4.79 Å². The van der Waals surface area contributed by atoms with Gasteiger partial charge in [0.05, 0.1) is 20.5 Å². The third kappa shape index (κ3) is 5.33. The van der Waals surface area contributed by atoms with Gasteiger partial charge in [-0.15, -0.1) is 11.3 Å². The smallest absolute Gasteiger partial charge is 0.241 e. The molecule has 0 bridgehead atoms. The maximum atomic E-state index is 12.7. The Kier molecular flexibility index (Phi) is 6.98. The predicted octanol–water partition coefficient (Wildman–Crippen LogP) is 4.93. The van der Waals surface area contributed by atoms with Crippen LogP contribution in [0.4, 0.5) is 5.69 Å². The first-order valence-electron chi connectivity index (χ1n) is 9.11. The molecule has 3 rings (SSSR count). The van der Waals surface area contributed by atoms with Crippen LogP contribution in [0.1, 0.15) is 22.9 Å². The summed E-state index contributed by atoms with van der Waals surface area (Å²) in [5, 5.41) is 3.62. The summed E-state index contributed by atoms with van der Waals surface area (Å²) in [4.78, 5) is 18.8. The predicted molar refractivity (Wildman–Crippen MR) is 118 cm³/mol. The first-order valence-corrected chi connectivity index (χ1v) is 11.1. The van der Waals surface area contributed by atoms with E-state index >= 15 is 0 Å². The number of piperazine rings is 1. The van der Waals surface area contributed by atoms with Gasteiger partial charge in [0, 0.05) is 37.6 Å². The first kappa shape index (κ1) is 20.8. The van der Waals surface area contributed by atoms with Crippen LogP contribution in [0.15, 0.2) is 28.1 Å². The molecule has 1 aromatic carbocycles. The number of nitrogens with zero attached hydrogens (tertiary/aromatic N) is 2. The number of carbonyl (C=O) groups excluding carboxylic acids is 1. The fraction of sp³-hybridized carbons (Fsp3) is 0.450. The van der Waals surface area contributed by atoms with E-state index in [0.717, 1.165) is 49.5 Å². The summed E-state index contributed by atoms with van der Waals surface area (Å²) >= 11 is 11.6. The molecular formula is C20H25BrClN3OS. The molecule has 1 aliphatic heterocycles. The minimum absolute atomic E-state index is 0.000472. The lowest BCUT2D eigenvalue weighted by molar-refractivity contribution is -0.121. The van der Waals surface area contributed by atoms with Crippen LogP contribution in [0.2, 0.25) is 5.02 Å². The average molecular weight is 471 g/mol. The van der Waals surface area contributed by atoms with E-state index in [1.165, 1.54) is 8.66 Å². The fourth-order valence-corrected chi connectivity index (χ4v) is 5.33. The molecule has 1 fully saturated rings. The van der Waals surface area contributed by atoms with Crippen molar-refractivity contribution >= 4 is 50.5 Å². The normalized spacial score (nSPS) is 17.1. The van der Waals surface area contributed by atoms with Crippen LogP contribution in [-0.4, -0.2) is 47.9 Å². The van der Waals surface area contributed by atoms with Gasteiger partial charge in [0.25, 0.3) is 0 Å². The highest BCUT2D eigenvalue weighted by atomic mass is 79.9. The Bertz CT molecular complexity index is 794. The van der Waals surface area contributed by atoms with Crippen LogP contribution < -0.4 is 5.32 Å². The minimum atomic E-state index is -0.181. The summed E-state index contributed by atoms with van der Waals surface area (Å²) in [6.45, 7) is 10.6. The number of carbonyl (C=O) groups is 1. The van der Waals surface area contributed by atoms with Gasteiger partial charge in [-0.2, -0.15) is 0 Å². The lowest BCUT2D eigenvalue weighted by Gasteiger charge is -2.37. The topological polar surface area (TPSA) is 35.6 Å². The second-order valence-electron chi connectivity index (χ2n) is 7.12. The van der Waals surface area contributed by atoms with Crippen molar-refractivity contribution in [2.24, 2.45) is 0 Å². The van der Waals surface area contributed by atoms with Crippen LogP contribution >= 0.6 is 38.9 Å². The minimum Gasteiger partial charge on any atom is -0.323 e. The lowest BCUT2D eigenvalue weighted by atomic mass is 10.1. The van der Waals surface area contributed by atoms with E-state index in [-0.39, 0.29) is 11.9 Å². The van der Waals surface area contributed by atoms with Crippen molar-refractivity contribution in [1.82, 2.24) is 9.80 Å². The number of nitrogens with one attached hydrogen (secondary N) is 1. The van der Waals surface area contributed by atoms with Crippen molar-refractivity contribution in [3.8, 4) is 0 Å². The van der Waals surface area contributed by atoms with E-state index in [1.807, 2.05) is 32.9 Å². The standard InChI is InChI=1S/C20H25BrClN3OS/c1-13-10-14(2)19(17(22)11-13)23-20(26)15(3)25-8-6-24(7-9-25)12-16-4-5-18(21)27-16/h4-5,10-11,15H,6-9,12H2,1-3H3,(H,23,26). The van der Waals surface area contributed by atoms with Crippen molar-refractivity contribution in [3.05, 3.63) is 49.1 Å². The number of halogens is 2. The number of thiophene rings is 1. The summed E-state index contributed by atoms with van der Waals surface area (Å²) in [5.41, 5.74) is 2.81. The highest BCUT2D eigenvalue weighted by Gasteiger charge is 2.26. The molecule has 27 heavy (non-hydrogen) atoms. The van der Waals surface area contributed by atoms with Gasteiger partial charge in [-0.1, -0.05) is 17.7 Å². The highest BCUT2D eigenvalue weighted by Crippen LogP contribution is 2.28. The van der Waals surface area contributed by atoms with E-state index in [1.54, 1.807) is 11.3 Å². The molecule has 4 nitrogen and oxygen atoms in total. The van der Waals surface area contributed by atoms with Gasteiger partial charge in [-0.25, -0.2) is 0 Å². The summed E-state index contributed by atoms with van der Waals surface area (Å²) in [6.07, 6.45) is 0. The van der Waals surface area contributed by atoms with E-state index in [2.05, 4.69) is 43.2 Å². The molecule has 1 unspecified atom stereocenters. The Balaban J connectivity index is 1.54. The van der Waals surface area contributed by atoms with Gasteiger partial charge in [0.2, 0.25) is 5.91 Å². The number of aryl methyl sites for hydroxylation is 2. The molecule has 0 spiro atoms. The van der Waals surface area contributed by atoms with Gasteiger partial charge in [-0.3, -0.25) is 14.6 Å². The van der Waals surface area contributed by atoms with E-state index in [9.17, 15) is 4.79 Å². The maximum absolute atomic E-state index is 12.7. The summed E-state index contributed by atoms with van der Waals surface area (Å²) in [5.74, 6) is -0.000472. The van der Waals surface area contributed by atoms with Crippen LogP contribution in [0.25, 0.3) is 0 Å². The van der Waals surface area contributed by atoms with Crippen LogP contribution in [0, 0.1) is 13.8 Å². The molecule has 2 aromatic rings. The summed E-state index contributed by atoms with van der Waals surface area (Å²) in [6, 6.07) is 8.01. The Labute approximate surface area is 178 Å². The molecule has 1 amide bonds. The number of anilines is 1. The zero-order valence-corrected chi connectivity index (χ0v) is 19.0. The molecule has 0 saturated carbocycles. The average Bonchev–Trinajstić information content (AvgIpc) is 3.02. The number of amides is 1. The molecule has 7 heteroatoms. The quantitative estimate of drug-likeness (QED) is 0.673. The SMILES string of the molecule is Cc1cc(C)c(NC(=O)C(C)N2CCN(Cc3ccc(Br)s3)CC2)c(Cl)c1. The van der Waals surface area contributed by atoms with Crippen molar-refractivity contribution in [1.29, 1.82) is 0 Å². The molecule has 146 valence electrons. The molecule has 2 heterocycles. The Morgan fingerprint density at radius 2 is 1.96 bits per heavy atom. The number of benzene rings is 1. The Morgan fingerprint density at radius 3 is 2.56 bits per heavy atom. The largest absolute Gasteiger partial charge is 0.323 e. The lowest BCUT2D eigenvalue weighted by Crippen LogP contribution is -2.52. The Morgan fingerprint density at radius 1 is 1.26 bits per heavy atom. The fourth-order valence-electron chi connectivity index (χ4n) is 3.43. The molecule has 1 atom stereocenters. The van der Waals surface area contributed by atoms with Crippen molar-refractivity contribution in [3.63, 3.8) is 0 Å². The van der Waals surface area contributed by atoms with Gasteiger partial charge in [-0.05, 0) is 66.0 Å². The number of hydrogen-bond acceptors (Lipinski definition) is 4. The van der Waals surface area contributed by atoms with Crippen LogP contribution in [-0.2, 0) is 11.3 Å². The Hall–Kier alpha value is -0.920. The third-order valence-corrected chi connectivity index (χ3v) is 6.93. The summed E-state index contributed by atoms with van der Waals surface area (Å²) in [7, 11) is 0. The van der Waals surface area contributed by atoms with E-state index < -0.39 is 0 Å². The van der Waals surface area contributed by atoms with Gasteiger partial charge < -0.3 is 5.32 Å². The molecule has 1 saturated heterocycles. The molecule has 1 aliphatic rings. The molecule has 1 aromatic heterocycles.